The van der Waals surface area contributed by atoms with Crippen molar-refractivity contribution in [3.05, 3.63) is 89.5 Å². The Morgan fingerprint density at radius 1 is 1.18 bits per heavy atom. The van der Waals surface area contributed by atoms with Crippen LogP contribution in [0.1, 0.15) is 42.9 Å². The number of carboxylic acid groups (broad SMARTS) is 1. The summed E-state index contributed by atoms with van der Waals surface area (Å²) in [5.41, 5.74) is 0.908. The summed E-state index contributed by atoms with van der Waals surface area (Å²) in [6.45, 7) is 2.53. The Kier molecular flexibility index (Phi) is 9.63. The van der Waals surface area contributed by atoms with Gasteiger partial charge in [0.15, 0.2) is 5.78 Å². The number of nitrogens with one attached hydrogen (secondary N) is 3. The van der Waals surface area contributed by atoms with E-state index >= 15 is 0 Å². The van der Waals surface area contributed by atoms with Crippen LogP contribution in [0, 0.1) is 24.2 Å². The highest BCUT2D eigenvalue weighted by molar-refractivity contribution is 7.89. The Morgan fingerprint density at radius 2 is 1.93 bits per heavy atom. The summed E-state index contributed by atoms with van der Waals surface area (Å²) < 4.78 is 34.1. The number of sulfonamides is 1. The van der Waals surface area contributed by atoms with Gasteiger partial charge >= 0.3 is 5.97 Å². The molecule has 2 heterocycles. The molecule has 0 aromatic heterocycles. The lowest BCUT2D eigenvalue weighted by atomic mass is 9.70. The number of aliphatic imine (C=N–C) groups is 1. The molecule has 2 aromatic rings. The van der Waals surface area contributed by atoms with Crippen molar-refractivity contribution >= 4 is 33.7 Å². The molecule has 0 spiro atoms. The molecule has 3 unspecified atom stereocenters. The maximum Gasteiger partial charge on any atom is 0.321 e. The molecule has 1 amide bonds. The summed E-state index contributed by atoms with van der Waals surface area (Å²) in [6, 6.07) is 13.2. The van der Waals surface area contributed by atoms with Gasteiger partial charge in [0.05, 0.1) is 16.4 Å². The average Bonchev–Trinajstić information content (AvgIpc) is 3.70. The zero-order valence-electron chi connectivity index (χ0n) is 24.7. The van der Waals surface area contributed by atoms with E-state index in [4.69, 9.17) is 4.74 Å². The summed E-state index contributed by atoms with van der Waals surface area (Å²) >= 11 is 0. The Hall–Kier alpha value is -4.57. The number of benzene rings is 2. The van der Waals surface area contributed by atoms with E-state index in [0.717, 1.165) is 12.0 Å². The van der Waals surface area contributed by atoms with Gasteiger partial charge in [0, 0.05) is 11.1 Å². The van der Waals surface area contributed by atoms with E-state index in [9.17, 15) is 27.9 Å². The second-order valence-corrected chi connectivity index (χ2v) is 12.9. The number of hydrogen-bond acceptors (Lipinski definition) is 8. The molecule has 5 rings (SSSR count). The molecule has 45 heavy (non-hydrogen) atoms. The number of aryl methyl sites for hydroxylation is 1. The predicted octanol–water partition coefficient (Wildman–Crippen LogP) is 2.56. The van der Waals surface area contributed by atoms with Crippen LogP contribution in [0.5, 0.6) is 0 Å². The van der Waals surface area contributed by atoms with Gasteiger partial charge in [-0.1, -0.05) is 72.0 Å². The fraction of sp³-hybridized carbons (Fsp3) is 0.333. The van der Waals surface area contributed by atoms with Gasteiger partial charge in [0.2, 0.25) is 16.1 Å². The van der Waals surface area contributed by atoms with Crippen molar-refractivity contribution in [3.8, 4) is 11.8 Å². The highest BCUT2D eigenvalue weighted by atomic mass is 32.2. The number of rotatable bonds is 10. The van der Waals surface area contributed by atoms with E-state index in [-0.39, 0.29) is 42.0 Å². The number of ether oxygens (including phenoxy) is 1. The third kappa shape index (κ3) is 7.57. The summed E-state index contributed by atoms with van der Waals surface area (Å²) in [7, 11) is -4.17. The third-order valence-corrected chi connectivity index (χ3v) is 9.45. The van der Waals surface area contributed by atoms with Crippen LogP contribution in [0.3, 0.4) is 0 Å². The van der Waals surface area contributed by atoms with Crippen molar-refractivity contribution in [2.45, 2.75) is 55.7 Å². The molecule has 2 aliphatic heterocycles. The van der Waals surface area contributed by atoms with Crippen LogP contribution in [0.4, 0.5) is 0 Å². The van der Waals surface area contributed by atoms with Crippen molar-refractivity contribution in [2.75, 3.05) is 13.1 Å². The molecule has 3 aliphatic rings. The van der Waals surface area contributed by atoms with Crippen molar-refractivity contribution in [1.29, 1.82) is 0 Å². The Balaban J connectivity index is 1.29. The van der Waals surface area contributed by atoms with Gasteiger partial charge in [-0.25, -0.2) is 13.4 Å². The van der Waals surface area contributed by atoms with Gasteiger partial charge in [-0.3, -0.25) is 19.7 Å². The highest BCUT2D eigenvalue weighted by Crippen LogP contribution is 2.38. The van der Waals surface area contributed by atoms with Crippen LogP contribution < -0.4 is 15.4 Å². The minimum Gasteiger partial charge on any atom is -0.480 e. The number of carbonyl (C=O) groups is 3. The van der Waals surface area contributed by atoms with Crippen LogP contribution in [-0.2, 0) is 29.1 Å². The molecule has 11 nitrogen and oxygen atoms in total. The first-order chi connectivity index (χ1) is 21.6. The summed E-state index contributed by atoms with van der Waals surface area (Å²) in [4.78, 5) is 42.6. The lowest BCUT2D eigenvalue weighted by Crippen LogP contribution is -2.49. The number of aliphatic carboxylic acids is 1. The van der Waals surface area contributed by atoms with Crippen LogP contribution in [0.15, 0.2) is 88.3 Å². The molecular formula is C33H34N4O7S. The SMILES string of the molecule is Cc1ccc(S(=O)(=O)NC(CC2(C(=O)[C@@H]3CCCN3)C=CC(C#CCN=C3NC(=O)C(c4ccccc4)O3)=CC2)C(=O)O)cc1. The van der Waals surface area contributed by atoms with Crippen molar-refractivity contribution < 1.29 is 32.6 Å². The van der Waals surface area contributed by atoms with E-state index in [0.29, 0.717) is 24.1 Å². The smallest absolute Gasteiger partial charge is 0.321 e. The van der Waals surface area contributed by atoms with Gasteiger partial charge in [0.1, 0.15) is 12.6 Å². The molecule has 4 N–H and O–H groups in total. The number of Topliss-reactive ketones (excluding diaryl/α,β-unsaturated/α-hetero) is 1. The minimum atomic E-state index is -4.17. The number of ketones is 1. The standard InChI is InChI=1S/C33H34N4O7S/c1-22-11-13-25(14-12-22)45(42,43)37-27(31(40)41)21-33(29(38)26-10-6-19-34-26)17-15-23(16-18-33)7-5-20-35-32-36-30(39)28(44-32)24-8-3-2-4-9-24/h2-4,8-9,11-17,26-28,34,37H,6,10,18-21H2,1H3,(H,40,41)(H,35,36,39)/t26-,27?,28?,33?/m0/s1. The molecule has 2 fully saturated rings. The second-order valence-electron chi connectivity index (χ2n) is 11.2. The maximum absolute atomic E-state index is 13.8. The first-order valence-electron chi connectivity index (χ1n) is 14.6. The lowest BCUT2D eigenvalue weighted by Gasteiger charge is -2.35. The van der Waals surface area contributed by atoms with Gasteiger partial charge < -0.3 is 15.2 Å². The van der Waals surface area contributed by atoms with E-state index in [1.165, 1.54) is 12.1 Å². The van der Waals surface area contributed by atoms with Crippen LogP contribution in [0.25, 0.3) is 0 Å². The molecule has 0 saturated carbocycles. The largest absolute Gasteiger partial charge is 0.480 e. The maximum atomic E-state index is 13.8. The monoisotopic (exact) mass is 630 g/mol. The number of amidine groups is 1. The molecule has 12 heteroatoms. The first kappa shape index (κ1) is 31.8. The Bertz CT molecular complexity index is 1720. The molecule has 1 aliphatic carbocycles. The van der Waals surface area contributed by atoms with E-state index in [2.05, 4.69) is 32.2 Å². The van der Waals surface area contributed by atoms with Gasteiger partial charge in [-0.05, 0) is 57.4 Å². The zero-order valence-corrected chi connectivity index (χ0v) is 25.5. The summed E-state index contributed by atoms with van der Waals surface area (Å²) in [6.07, 6.45) is 5.57. The number of nitrogens with zero attached hydrogens (tertiary/aromatic N) is 1. The van der Waals surface area contributed by atoms with Crippen LogP contribution in [0.2, 0.25) is 0 Å². The van der Waals surface area contributed by atoms with Crippen LogP contribution in [-0.4, -0.2) is 62.4 Å². The van der Waals surface area contributed by atoms with Gasteiger partial charge in [-0.2, -0.15) is 4.72 Å². The van der Waals surface area contributed by atoms with E-state index < -0.39 is 39.6 Å². The molecule has 2 saturated heterocycles. The average molecular weight is 631 g/mol. The molecule has 0 bridgehead atoms. The van der Waals surface area contributed by atoms with Gasteiger partial charge in [-0.15, -0.1) is 0 Å². The number of carbonyl (C=O) groups excluding carboxylic acids is 2. The fourth-order valence-electron chi connectivity index (χ4n) is 5.52. The molecule has 2 aromatic carbocycles. The quantitative estimate of drug-likeness (QED) is 0.291. The van der Waals surface area contributed by atoms with Gasteiger partial charge in [0.25, 0.3) is 11.9 Å². The summed E-state index contributed by atoms with van der Waals surface area (Å²) in [5, 5.41) is 15.8. The first-order valence-corrected chi connectivity index (χ1v) is 16.1. The number of hydrogen-bond donors (Lipinski definition) is 4. The third-order valence-electron chi connectivity index (χ3n) is 7.97. The molecular weight excluding hydrogens is 596 g/mol. The highest BCUT2D eigenvalue weighted by Gasteiger charge is 2.45. The lowest BCUT2D eigenvalue weighted by molar-refractivity contribution is -0.140. The number of amides is 1. The van der Waals surface area contributed by atoms with Crippen LogP contribution >= 0.6 is 0 Å². The van der Waals surface area contributed by atoms with Crippen molar-refractivity contribution in [2.24, 2.45) is 10.4 Å². The summed E-state index contributed by atoms with van der Waals surface area (Å²) in [5.74, 6) is 4.00. The Morgan fingerprint density at radius 3 is 2.58 bits per heavy atom. The van der Waals surface area contributed by atoms with E-state index in [1.54, 1.807) is 42.5 Å². The van der Waals surface area contributed by atoms with Crippen molar-refractivity contribution in [3.63, 3.8) is 0 Å². The zero-order chi connectivity index (χ0) is 32.0. The predicted molar refractivity (Wildman–Crippen MR) is 166 cm³/mol. The Labute approximate surface area is 261 Å². The molecule has 234 valence electrons. The van der Waals surface area contributed by atoms with E-state index in [1.807, 2.05) is 25.1 Å². The number of allylic oxidation sites excluding steroid dienone is 4. The normalized spacial score (nSPS) is 24.2. The van der Waals surface area contributed by atoms with Crippen molar-refractivity contribution in [1.82, 2.24) is 15.4 Å². The minimum absolute atomic E-state index is 0.0419. The second kappa shape index (κ2) is 13.6. The molecule has 4 atom stereocenters. The molecule has 0 radical (unpaired) electrons. The number of carboxylic acids is 1. The fourth-order valence-corrected chi connectivity index (χ4v) is 6.71. The topological polar surface area (TPSA) is 163 Å².